The molecule has 0 radical (unpaired) electrons. The second-order valence-electron chi connectivity index (χ2n) is 4.25. The van der Waals surface area contributed by atoms with Crippen molar-refractivity contribution in [2.75, 3.05) is 10.5 Å². The van der Waals surface area contributed by atoms with E-state index < -0.39 is 0 Å². The van der Waals surface area contributed by atoms with Crippen LogP contribution in [0.1, 0.15) is 11.1 Å². The summed E-state index contributed by atoms with van der Waals surface area (Å²) in [4.78, 5) is 0. The summed E-state index contributed by atoms with van der Waals surface area (Å²) in [7, 11) is 0. The van der Waals surface area contributed by atoms with Crippen molar-refractivity contribution in [3.05, 3.63) is 53.6 Å². The molecule has 1 heterocycles. The SMILES string of the molecule is Cc1ccc(O)c(N2N=Cc3ccccc3N2)c1. The summed E-state index contributed by atoms with van der Waals surface area (Å²) in [5, 5.41) is 15.7. The van der Waals surface area contributed by atoms with Gasteiger partial charge in [-0.05, 0) is 30.7 Å². The molecule has 0 fully saturated rings. The molecule has 4 nitrogen and oxygen atoms in total. The third-order valence-corrected chi connectivity index (χ3v) is 2.86. The molecule has 0 unspecified atom stereocenters. The monoisotopic (exact) mass is 239 g/mol. The zero-order chi connectivity index (χ0) is 12.5. The van der Waals surface area contributed by atoms with Crippen molar-refractivity contribution < 1.29 is 5.11 Å². The summed E-state index contributed by atoms with van der Waals surface area (Å²) in [5.74, 6) is 0.199. The number of rotatable bonds is 1. The van der Waals surface area contributed by atoms with Gasteiger partial charge in [0.1, 0.15) is 11.4 Å². The lowest BCUT2D eigenvalue weighted by atomic mass is 10.2. The van der Waals surface area contributed by atoms with Crippen LogP contribution >= 0.6 is 0 Å². The van der Waals surface area contributed by atoms with Crippen LogP contribution in [0.2, 0.25) is 0 Å². The number of phenolic OH excluding ortho intramolecular Hbond substituents is 1. The van der Waals surface area contributed by atoms with Crippen molar-refractivity contribution in [3.63, 3.8) is 0 Å². The lowest BCUT2D eigenvalue weighted by molar-refractivity contribution is 0.475. The van der Waals surface area contributed by atoms with Crippen molar-refractivity contribution in [2.45, 2.75) is 6.92 Å². The molecule has 0 aliphatic carbocycles. The van der Waals surface area contributed by atoms with Gasteiger partial charge >= 0.3 is 0 Å². The largest absolute Gasteiger partial charge is 0.506 e. The Kier molecular flexibility index (Phi) is 2.41. The summed E-state index contributed by atoms with van der Waals surface area (Å²) >= 11 is 0. The second-order valence-corrected chi connectivity index (χ2v) is 4.25. The number of benzene rings is 2. The molecule has 2 aromatic rings. The molecular weight excluding hydrogens is 226 g/mol. The Morgan fingerprint density at radius 3 is 2.89 bits per heavy atom. The van der Waals surface area contributed by atoms with Gasteiger partial charge < -0.3 is 5.11 Å². The molecule has 0 aromatic heterocycles. The summed E-state index contributed by atoms with van der Waals surface area (Å²) < 4.78 is 0. The van der Waals surface area contributed by atoms with E-state index in [9.17, 15) is 5.11 Å². The quantitative estimate of drug-likeness (QED) is 0.804. The lowest BCUT2D eigenvalue weighted by Crippen LogP contribution is -2.27. The molecule has 18 heavy (non-hydrogen) atoms. The minimum atomic E-state index is 0.199. The van der Waals surface area contributed by atoms with Crippen molar-refractivity contribution in [2.24, 2.45) is 5.10 Å². The highest BCUT2D eigenvalue weighted by atomic mass is 16.3. The van der Waals surface area contributed by atoms with Crippen LogP contribution in [0.4, 0.5) is 11.4 Å². The summed E-state index contributed by atoms with van der Waals surface area (Å²) in [6.45, 7) is 1.98. The number of para-hydroxylation sites is 1. The third-order valence-electron chi connectivity index (χ3n) is 2.86. The first-order valence-electron chi connectivity index (χ1n) is 5.73. The fourth-order valence-electron chi connectivity index (χ4n) is 1.90. The Bertz CT molecular complexity index is 622. The number of anilines is 2. The summed E-state index contributed by atoms with van der Waals surface area (Å²) in [5.41, 5.74) is 6.86. The van der Waals surface area contributed by atoms with Gasteiger partial charge in [-0.2, -0.15) is 10.2 Å². The fourth-order valence-corrected chi connectivity index (χ4v) is 1.90. The molecule has 2 N–H and O–H groups in total. The maximum Gasteiger partial charge on any atom is 0.143 e. The zero-order valence-corrected chi connectivity index (χ0v) is 9.96. The van der Waals surface area contributed by atoms with Crippen LogP contribution in [-0.4, -0.2) is 11.3 Å². The maximum atomic E-state index is 9.88. The van der Waals surface area contributed by atoms with Crippen LogP contribution in [0.5, 0.6) is 5.75 Å². The summed E-state index contributed by atoms with van der Waals surface area (Å²) in [6.07, 6.45) is 1.77. The minimum Gasteiger partial charge on any atom is -0.506 e. The topological polar surface area (TPSA) is 47.9 Å². The van der Waals surface area contributed by atoms with E-state index in [0.29, 0.717) is 5.69 Å². The van der Waals surface area contributed by atoms with Gasteiger partial charge in [-0.25, -0.2) is 0 Å². The lowest BCUT2D eigenvalue weighted by Gasteiger charge is -2.26. The molecule has 0 amide bonds. The number of fused-ring (bicyclic) bond motifs is 1. The molecule has 3 rings (SSSR count). The van der Waals surface area contributed by atoms with Gasteiger partial charge in [-0.3, -0.25) is 5.43 Å². The van der Waals surface area contributed by atoms with Crippen LogP contribution in [0.25, 0.3) is 0 Å². The van der Waals surface area contributed by atoms with Crippen molar-refractivity contribution >= 4 is 17.6 Å². The number of hydrogen-bond donors (Lipinski definition) is 2. The molecule has 2 aromatic carbocycles. The van der Waals surface area contributed by atoms with E-state index in [1.54, 1.807) is 17.4 Å². The van der Waals surface area contributed by atoms with E-state index in [1.165, 1.54) is 0 Å². The molecule has 0 bridgehead atoms. The predicted molar refractivity (Wildman–Crippen MR) is 73.0 cm³/mol. The predicted octanol–water partition coefficient (Wildman–Crippen LogP) is 2.88. The highest BCUT2D eigenvalue weighted by molar-refractivity contribution is 5.91. The number of nitrogens with zero attached hydrogens (tertiary/aromatic N) is 2. The smallest absolute Gasteiger partial charge is 0.143 e. The molecule has 0 saturated heterocycles. The van der Waals surface area contributed by atoms with Gasteiger partial charge in [0.2, 0.25) is 0 Å². The van der Waals surface area contributed by atoms with Gasteiger partial charge in [0.15, 0.2) is 0 Å². The average Bonchev–Trinajstić information content (AvgIpc) is 2.41. The van der Waals surface area contributed by atoms with Gasteiger partial charge in [-0.15, -0.1) is 0 Å². The molecule has 0 spiro atoms. The van der Waals surface area contributed by atoms with E-state index in [2.05, 4.69) is 10.5 Å². The fraction of sp³-hybridized carbons (Fsp3) is 0.0714. The van der Waals surface area contributed by atoms with Crippen LogP contribution in [-0.2, 0) is 0 Å². The van der Waals surface area contributed by atoms with Crippen molar-refractivity contribution in [1.29, 1.82) is 0 Å². The second kappa shape index (κ2) is 4.07. The van der Waals surface area contributed by atoms with E-state index in [4.69, 9.17) is 0 Å². The highest BCUT2D eigenvalue weighted by Crippen LogP contribution is 2.30. The molecule has 90 valence electrons. The molecule has 0 atom stereocenters. The molecule has 1 aliphatic heterocycles. The van der Waals surface area contributed by atoms with Crippen LogP contribution < -0.4 is 10.5 Å². The first kappa shape index (κ1) is 10.7. The molecular formula is C14H13N3O. The number of phenols is 1. The normalized spacial score (nSPS) is 13.1. The van der Waals surface area contributed by atoms with Gasteiger partial charge in [-0.1, -0.05) is 24.3 Å². The van der Waals surface area contributed by atoms with Crippen molar-refractivity contribution in [3.8, 4) is 5.75 Å². The Morgan fingerprint density at radius 2 is 2.00 bits per heavy atom. The van der Waals surface area contributed by atoms with E-state index >= 15 is 0 Å². The minimum absolute atomic E-state index is 0.199. The maximum absolute atomic E-state index is 9.88. The number of aromatic hydroxyl groups is 1. The number of hydrogen-bond acceptors (Lipinski definition) is 4. The summed E-state index contributed by atoms with van der Waals surface area (Å²) in [6, 6.07) is 13.3. The van der Waals surface area contributed by atoms with E-state index in [1.807, 2.05) is 43.3 Å². The number of hydrazone groups is 1. The van der Waals surface area contributed by atoms with E-state index in [0.717, 1.165) is 16.8 Å². The highest BCUT2D eigenvalue weighted by Gasteiger charge is 2.15. The van der Waals surface area contributed by atoms with Crippen LogP contribution in [0.3, 0.4) is 0 Å². The molecule has 0 saturated carbocycles. The number of aryl methyl sites for hydroxylation is 1. The number of nitrogens with one attached hydrogen (secondary N) is 1. The Balaban J connectivity index is 1.99. The average molecular weight is 239 g/mol. The van der Waals surface area contributed by atoms with Gasteiger partial charge in [0.05, 0.1) is 11.9 Å². The van der Waals surface area contributed by atoms with E-state index in [-0.39, 0.29) is 5.75 Å². The first-order valence-corrected chi connectivity index (χ1v) is 5.73. The third kappa shape index (κ3) is 1.78. The standard InChI is InChI=1S/C14H13N3O/c1-10-6-7-14(18)13(8-10)17-15-9-11-4-2-3-5-12(11)16-17/h2-9,16,18H,1H3. The first-order chi connectivity index (χ1) is 8.74. The Hall–Kier alpha value is -2.49. The Labute approximate surface area is 105 Å². The van der Waals surface area contributed by atoms with Crippen LogP contribution in [0, 0.1) is 6.92 Å². The van der Waals surface area contributed by atoms with Gasteiger partial charge in [0, 0.05) is 5.56 Å². The van der Waals surface area contributed by atoms with Crippen molar-refractivity contribution in [1.82, 2.24) is 0 Å². The molecule has 1 aliphatic rings. The molecule has 4 heteroatoms. The Morgan fingerprint density at radius 1 is 1.17 bits per heavy atom. The zero-order valence-electron chi connectivity index (χ0n) is 9.96. The van der Waals surface area contributed by atoms with Gasteiger partial charge in [0.25, 0.3) is 0 Å². The van der Waals surface area contributed by atoms with Crippen LogP contribution in [0.15, 0.2) is 47.6 Å². The number of hydrazine groups is 1.